The maximum Gasteiger partial charge on any atom is 0.175 e. The van der Waals surface area contributed by atoms with Crippen LogP contribution in [0.4, 0.5) is 5.82 Å². The van der Waals surface area contributed by atoms with Gasteiger partial charge in [-0.25, -0.2) is 15.0 Å². The Morgan fingerprint density at radius 2 is 2.09 bits per heavy atom. The second-order valence-corrected chi connectivity index (χ2v) is 6.99. The van der Waals surface area contributed by atoms with Crippen LogP contribution in [-0.2, 0) is 6.54 Å². The largest absolute Gasteiger partial charge is 0.382 e. The molecule has 0 bridgehead atoms. The molecule has 0 saturated heterocycles. The lowest BCUT2D eigenvalue weighted by molar-refractivity contribution is 0.705. The molecule has 2 aromatic heterocycles. The van der Waals surface area contributed by atoms with Gasteiger partial charge in [0.1, 0.15) is 6.33 Å². The number of nitrogens with two attached hydrogens (primary N) is 1. The van der Waals surface area contributed by atoms with Crippen molar-refractivity contribution in [3.05, 3.63) is 34.6 Å². The number of aryl methyl sites for hydroxylation is 1. The van der Waals surface area contributed by atoms with E-state index in [1.165, 1.54) is 18.1 Å². The SMILES string of the molecule is Nc1ncnc2c1nc(Sc1ccc(Cl)cc1Cl)n2CCBr. The van der Waals surface area contributed by atoms with E-state index in [2.05, 4.69) is 30.9 Å². The van der Waals surface area contributed by atoms with Gasteiger partial charge in [-0.1, -0.05) is 50.9 Å². The summed E-state index contributed by atoms with van der Waals surface area (Å²) >= 11 is 17.0. The van der Waals surface area contributed by atoms with Gasteiger partial charge in [0.25, 0.3) is 0 Å². The Kier molecular flexibility index (Phi) is 4.77. The highest BCUT2D eigenvalue weighted by Gasteiger charge is 2.16. The molecule has 3 rings (SSSR count). The number of rotatable bonds is 4. The third-order valence-electron chi connectivity index (χ3n) is 2.93. The molecule has 0 aliphatic rings. The third-order valence-corrected chi connectivity index (χ3v) is 5.01. The average molecular weight is 419 g/mol. The van der Waals surface area contributed by atoms with E-state index in [4.69, 9.17) is 28.9 Å². The number of anilines is 1. The average Bonchev–Trinajstić information content (AvgIpc) is 2.82. The molecule has 2 N–H and O–H groups in total. The molecule has 2 heterocycles. The normalized spacial score (nSPS) is 11.2. The molecule has 5 nitrogen and oxygen atoms in total. The molecule has 0 amide bonds. The van der Waals surface area contributed by atoms with Gasteiger partial charge in [-0.3, -0.25) is 0 Å². The van der Waals surface area contributed by atoms with Crippen molar-refractivity contribution >= 4 is 67.9 Å². The van der Waals surface area contributed by atoms with Gasteiger partial charge < -0.3 is 10.3 Å². The first-order chi connectivity index (χ1) is 10.6. The van der Waals surface area contributed by atoms with E-state index in [9.17, 15) is 0 Å². The zero-order valence-corrected chi connectivity index (χ0v) is 15.0. The highest BCUT2D eigenvalue weighted by atomic mass is 79.9. The Hall–Kier alpha value is -1.02. The predicted molar refractivity (Wildman–Crippen MR) is 94.1 cm³/mol. The van der Waals surface area contributed by atoms with E-state index >= 15 is 0 Å². The Bertz CT molecular complexity index is 839. The van der Waals surface area contributed by atoms with Gasteiger partial charge in [0.2, 0.25) is 0 Å². The standard InChI is InChI=1S/C13H10BrCl2N5S/c14-3-4-21-12-10(11(17)18-6-19-12)20-13(21)22-9-2-1-7(15)5-8(9)16/h1-2,5-6H,3-4H2,(H2,17,18,19). The number of nitrogen functional groups attached to an aromatic ring is 1. The van der Waals surface area contributed by atoms with Crippen molar-refractivity contribution in [1.29, 1.82) is 0 Å². The minimum absolute atomic E-state index is 0.363. The second-order valence-electron chi connectivity index (χ2n) is 4.34. The summed E-state index contributed by atoms with van der Waals surface area (Å²) < 4.78 is 1.98. The number of hydrogen-bond acceptors (Lipinski definition) is 5. The molecule has 114 valence electrons. The van der Waals surface area contributed by atoms with E-state index in [1.54, 1.807) is 12.1 Å². The van der Waals surface area contributed by atoms with E-state index < -0.39 is 0 Å². The van der Waals surface area contributed by atoms with Crippen molar-refractivity contribution in [3.63, 3.8) is 0 Å². The molecule has 0 fully saturated rings. The zero-order chi connectivity index (χ0) is 15.7. The van der Waals surface area contributed by atoms with E-state index in [-0.39, 0.29) is 0 Å². The number of halogens is 3. The van der Waals surface area contributed by atoms with Crippen LogP contribution in [0.15, 0.2) is 34.6 Å². The molecule has 9 heteroatoms. The van der Waals surface area contributed by atoms with Crippen LogP contribution in [0, 0.1) is 0 Å². The number of alkyl halides is 1. The lowest BCUT2D eigenvalue weighted by Gasteiger charge is -2.07. The molecule has 0 aliphatic carbocycles. The zero-order valence-electron chi connectivity index (χ0n) is 11.1. The van der Waals surface area contributed by atoms with Crippen molar-refractivity contribution in [2.75, 3.05) is 11.1 Å². The van der Waals surface area contributed by atoms with E-state index in [1.807, 2.05) is 10.6 Å². The number of imidazole rings is 1. The molecule has 0 spiro atoms. The number of benzene rings is 1. The first-order valence-corrected chi connectivity index (χ1v) is 8.95. The summed E-state index contributed by atoms with van der Waals surface area (Å²) in [6.45, 7) is 0.709. The molecule has 1 aromatic carbocycles. The predicted octanol–water partition coefficient (Wildman–Crippen LogP) is 4.26. The molecule has 22 heavy (non-hydrogen) atoms. The lowest BCUT2D eigenvalue weighted by atomic mass is 10.4. The first-order valence-electron chi connectivity index (χ1n) is 6.25. The third kappa shape index (κ3) is 3.03. The van der Waals surface area contributed by atoms with Crippen LogP contribution in [-0.4, -0.2) is 24.8 Å². The molecule has 0 radical (unpaired) electrons. The van der Waals surface area contributed by atoms with Crippen LogP contribution in [0.2, 0.25) is 10.0 Å². The van der Waals surface area contributed by atoms with Gasteiger partial charge in [-0.05, 0) is 18.2 Å². The first kappa shape index (κ1) is 15.9. The maximum absolute atomic E-state index is 6.23. The lowest BCUT2D eigenvalue weighted by Crippen LogP contribution is -2.02. The van der Waals surface area contributed by atoms with Gasteiger partial charge in [0.15, 0.2) is 22.1 Å². The van der Waals surface area contributed by atoms with Crippen LogP contribution in [0.1, 0.15) is 0 Å². The minimum Gasteiger partial charge on any atom is -0.382 e. The topological polar surface area (TPSA) is 69.6 Å². The monoisotopic (exact) mass is 417 g/mol. The molecule has 0 atom stereocenters. The summed E-state index contributed by atoms with van der Waals surface area (Å²) in [5.41, 5.74) is 7.19. The van der Waals surface area contributed by atoms with Gasteiger partial charge in [0, 0.05) is 21.8 Å². The fourth-order valence-electron chi connectivity index (χ4n) is 1.95. The van der Waals surface area contributed by atoms with Crippen LogP contribution in [0.25, 0.3) is 11.2 Å². The highest BCUT2D eigenvalue weighted by Crippen LogP contribution is 2.36. The minimum atomic E-state index is 0.363. The van der Waals surface area contributed by atoms with Gasteiger partial charge >= 0.3 is 0 Å². The van der Waals surface area contributed by atoms with Gasteiger partial charge in [-0.2, -0.15) is 0 Å². The van der Waals surface area contributed by atoms with E-state index in [0.29, 0.717) is 33.6 Å². The molecular weight excluding hydrogens is 409 g/mol. The fourth-order valence-corrected chi connectivity index (χ4v) is 3.75. The summed E-state index contributed by atoms with van der Waals surface area (Å²) in [7, 11) is 0. The van der Waals surface area contributed by atoms with Crippen LogP contribution in [0.5, 0.6) is 0 Å². The summed E-state index contributed by atoms with van der Waals surface area (Å²) in [5, 5.41) is 2.70. The molecule has 0 saturated carbocycles. The van der Waals surface area contributed by atoms with Crippen molar-refractivity contribution in [2.24, 2.45) is 0 Å². The van der Waals surface area contributed by atoms with Crippen molar-refractivity contribution in [3.8, 4) is 0 Å². The van der Waals surface area contributed by atoms with Crippen LogP contribution < -0.4 is 5.73 Å². The maximum atomic E-state index is 6.23. The van der Waals surface area contributed by atoms with Crippen LogP contribution in [0.3, 0.4) is 0 Å². The van der Waals surface area contributed by atoms with Crippen molar-refractivity contribution < 1.29 is 0 Å². The Labute approximate surface area is 149 Å². The number of aromatic nitrogens is 4. The molecule has 0 unspecified atom stereocenters. The Morgan fingerprint density at radius 1 is 1.27 bits per heavy atom. The van der Waals surface area contributed by atoms with Gasteiger partial charge in [0.05, 0.1) is 5.02 Å². The highest BCUT2D eigenvalue weighted by molar-refractivity contribution is 9.09. The molecule has 0 aliphatic heterocycles. The van der Waals surface area contributed by atoms with E-state index in [0.717, 1.165) is 15.4 Å². The summed E-state index contributed by atoms with van der Waals surface area (Å²) in [6, 6.07) is 5.36. The van der Waals surface area contributed by atoms with Crippen molar-refractivity contribution in [2.45, 2.75) is 16.6 Å². The fraction of sp³-hybridized carbons (Fsp3) is 0.154. The number of hydrogen-bond donors (Lipinski definition) is 1. The van der Waals surface area contributed by atoms with Crippen molar-refractivity contribution in [1.82, 2.24) is 19.5 Å². The number of fused-ring (bicyclic) bond motifs is 1. The second kappa shape index (κ2) is 6.62. The molecular formula is C13H10BrCl2N5S. The quantitative estimate of drug-likeness (QED) is 0.641. The Morgan fingerprint density at radius 3 is 2.82 bits per heavy atom. The number of nitrogens with zero attached hydrogens (tertiary/aromatic N) is 4. The molecule has 3 aromatic rings. The smallest absolute Gasteiger partial charge is 0.175 e. The summed E-state index contributed by atoms with van der Waals surface area (Å²) in [5.74, 6) is 0.363. The summed E-state index contributed by atoms with van der Waals surface area (Å²) in [4.78, 5) is 13.7. The van der Waals surface area contributed by atoms with Crippen LogP contribution >= 0.6 is 50.9 Å². The summed E-state index contributed by atoms with van der Waals surface area (Å²) in [6.07, 6.45) is 1.44. The Balaban J connectivity index is 2.09. The van der Waals surface area contributed by atoms with Gasteiger partial charge in [-0.15, -0.1) is 0 Å².